The Hall–Kier alpha value is -0.270. The SMILES string of the molecule is O=C1CCCN1.O=S(=O)(O)S. The molecule has 1 saturated heterocycles. The Bertz CT molecular complexity index is 206. The zero-order valence-electron chi connectivity index (χ0n) is 5.65. The highest BCUT2D eigenvalue weighted by Gasteiger charge is 2.05. The van der Waals surface area contributed by atoms with Gasteiger partial charge in [0.05, 0.1) is 0 Å². The van der Waals surface area contributed by atoms with Crippen molar-refractivity contribution >= 4 is 26.7 Å². The van der Waals surface area contributed by atoms with Crippen LogP contribution in [0.1, 0.15) is 12.8 Å². The quantitative estimate of drug-likeness (QED) is 0.282. The van der Waals surface area contributed by atoms with E-state index in [2.05, 4.69) is 17.0 Å². The second kappa shape index (κ2) is 4.58. The fraction of sp³-hybridized carbons (Fsp3) is 0.750. The summed E-state index contributed by atoms with van der Waals surface area (Å²) in [5, 5.41) is 2.68. The van der Waals surface area contributed by atoms with Gasteiger partial charge in [0, 0.05) is 13.0 Å². The Morgan fingerprint density at radius 3 is 2.09 bits per heavy atom. The topological polar surface area (TPSA) is 83.5 Å². The third-order valence-corrected chi connectivity index (χ3v) is 0.903. The van der Waals surface area contributed by atoms with Crippen LogP contribution in [0.3, 0.4) is 0 Å². The summed E-state index contributed by atoms with van der Waals surface area (Å²) in [5.41, 5.74) is 0. The molecule has 0 aromatic heterocycles. The Morgan fingerprint density at radius 2 is 2.00 bits per heavy atom. The molecule has 1 heterocycles. The first-order valence-electron chi connectivity index (χ1n) is 2.86. The maximum atomic E-state index is 10.1. The van der Waals surface area contributed by atoms with Crippen LogP contribution in [0.25, 0.3) is 0 Å². The van der Waals surface area contributed by atoms with E-state index < -0.39 is 9.15 Å². The van der Waals surface area contributed by atoms with Gasteiger partial charge in [0.1, 0.15) is 0 Å². The molecule has 0 bridgehead atoms. The van der Waals surface area contributed by atoms with E-state index in [1.165, 1.54) is 0 Å². The van der Waals surface area contributed by atoms with Gasteiger partial charge in [0.25, 0.3) is 0 Å². The van der Waals surface area contributed by atoms with Crippen molar-refractivity contribution in [3.05, 3.63) is 0 Å². The van der Waals surface area contributed by atoms with Crippen molar-refractivity contribution < 1.29 is 17.8 Å². The average Bonchev–Trinajstić information content (AvgIpc) is 2.12. The van der Waals surface area contributed by atoms with Crippen molar-refractivity contribution in [1.29, 1.82) is 0 Å². The monoisotopic (exact) mass is 199 g/mol. The van der Waals surface area contributed by atoms with Crippen LogP contribution in [-0.2, 0) is 13.9 Å². The van der Waals surface area contributed by atoms with Gasteiger partial charge in [-0.25, -0.2) is 0 Å². The number of amides is 1. The minimum Gasteiger partial charge on any atom is -0.356 e. The molecule has 1 aliphatic heterocycles. The maximum absolute atomic E-state index is 10.1. The van der Waals surface area contributed by atoms with Gasteiger partial charge in [-0.05, 0) is 18.1 Å². The molecule has 0 saturated carbocycles. The smallest absolute Gasteiger partial charge is 0.316 e. The second-order valence-corrected chi connectivity index (χ2v) is 4.18. The summed E-state index contributed by atoms with van der Waals surface area (Å²) in [6.45, 7) is 0.888. The molecular weight excluding hydrogens is 190 g/mol. The van der Waals surface area contributed by atoms with E-state index in [4.69, 9.17) is 13.0 Å². The Morgan fingerprint density at radius 1 is 1.55 bits per heavy atom. The molecule has 0 aromatic rings. The molecule has 0 unspecified atom stereocenters. The lowest BCUT2D eigenvalue weighted by molar-refractivity contribution is -0.119. The second-order valence-electron chi connectivity index (χ2n) is 1.90. The lowest BCUT2D eigenvalue weighted by Crippen LogP contribution is -2.12. The van der Waals surface area contributed by atoms with Gasteiger partial charge in [-0.2, -0.15) is 8.42 Å². The van der Waals surface area contributed by atoms with Crippen LogP contribution in [0.2, 0.25) is 0 Å². The highest BCUT2D eigenvalue weighted by molar-refractivity contribution is 8.61. The van der Waals surface area contributed by atoms with E-state index in [-0.39, 0.29) is 5.91 Å². The van der Waals surface area contributed by atoms with Gasteiger partial charge in [-0.1, -0.05) is 0 Å². The van der Waals surface area contributed by atoms with E-state index >= 15 is 0 Å². The summed E-state index contributed by atoms with van der Waals surface area (Å²) in [6.07, 6.45) is 1.76. The minimum atomic E-state index is -3.97. The molecule has 0 spiro atoms. The molecule has 5 nitrogen and oxygen atoms in total. The third-order valence-electron chi connectivity index (χ3n) is 0.903. The van der Waals surface area contributed by atoms with Gasteiger partial charge in [0.2, 0.25) is 5.91 Å². The third kappa shape index (κ3) is 12.8. The summed E-state index contributed by atoms with van der Waals surface area (Å²) in [7, 11) is -3.97. The Balaban J connectivity index is 0.000000187. The van der Waals surface area contributed by atoms with E-state index in [0.717, 1.165) is 19.4 Å². The number of nitrogens with one attached hydrogen (secondary N) is 1. The lowest BCUT2D eigenvalue weighted by Gasteiger charge is -1.80. The Labute approximate surface area is 69.7 Å². The van der Waals surface area contributed by atoms with Crippen molar-refractivity contribution in [3.63, 3.8) is 0 Å². The molecule has 0 aliphatic carbocycles. The Kier molecular flexibility index (Phi) is 4.46. The molecule has 2 N–H and O–H groups in total. The van der Waals surface area contributed by atoms with Crippen LogP contribution in [0.15, 0.2) is 0 Å². The van der Waals surface area contributed by atoms with Crippen LogP contribution < -0.4 is 5.32 Å². The summed E-state index contributed by atoms with van der Waals surface area (Å²) >= 11 is 2.65. The minimum absolute atomic E-state index is 0.204. The van der Waals surface area contributed by atoms with E-state index in [1.54, 1.807) is 0 Å². The molecule has 1 rings (SSSR count). The zero-order valence-corrected chi connectivity index (χ0v) is 7.36. The lowest BCUT2D eigenvalue weighted by atomic mass is 10.4. The number of carbonyl (C=O) groups is 1. The molecule has 1 fully saturated rings. The molecule has 0 aromatic carbocycles. The van der Waals surface area contributed by atoms with Crippen molar-refractivity contribution in [3.8, 4) is 0 Å². The molecule has 0 radical (unpaired) electrons. The van der Waals surface area contributed by atoms with E-state index in [9.17, 15) is 4.79 Å². The normalized spacial score (nSPS) is 16.7. The summed E-state index contributed by atoms with van der Waals surface area (Å²) in [5.74, 6) is 0.204. The number of carbonyl (C=O) groups excluding carboxylic acids is 1. The molecule has 1 aliphatic rings. The van der Waals surface area contributed by atoms with E-state index in [0.29, 0.717) is 0 Å². The van der Waals surface area contributed by atoms with Gasteiger partial charge < -0.3 is 5.32 Å². The highest BCUT2D eigenvalue weighted by Crippen LogP contribution is 1.93. The number of thiol groups is 1. The van der Waals surface area contributed by atoms with Crippen molar-refractivity contribution in [2.24, 2.45) is 0 Å². The van der Waals surface area contributed by atoms with E-state index in [1.807, 2.05) is 0 Å². The predicted molar refractivity (Wildman–Crippen MR) is 42.8 cm³/mol. The largest absolute Gasteiger partial charge is 0.356 e. The van der Waals surface area contributed by atoms with Crippen LogP contribution in [-0.4, -0.2) is 25.4 Å². The molecule has 11 heavy (non-hydrogen) atoms. The average molecular weight is 199 g/mol. The first-order valence-corrected chi connectivity index (χ1v) is 5.35. The zero-order chi connectivity index (χ0) is 8.91. The summed E-state index contributed by atoms with van der Waals surface area (Å²) < 4.78 is 25.5. The molecular formula is C4H9NO4S2. The summed E-state index contributed by atoms with van der Waals surface area (Å²) in [6, 6.07) is 0. The van der Waals surface area contributed by atoms with Crippen LogP contribution in [0.4, 0.5) is 0 Å². The standard InChI is InChI=1S/C4H7NO.H2O3S2/c6-4-2-1-3-5-4;1-5(2,3)4/h1-3H2,(H,5,6);(H2,1,2,3,4). The fourth-order valence-corrected chi connectivity index (χ4v) is 0.565. The van der Waals surface area contributed by atoms with Gasteiger partial charge in [0.15, 0.2) is 0 Å². The van der Waals surface area contributed by atoms with Crippen molar-refractivity contribution in [2.75, 3.05) is 6.54 Å². The number of hydrogen-bond donors (Lipinski definition) is 3. The molecule has 66 valence electrons. The van der Waals surface area contributed by atoms with Gasteiger partial charge in [-0.15, -0.1) is 0 Å². The first-order chi connectivity index (χ1) is 4.89. The van der Waals surface area contributed by atoms with Gasteiger partial charge >= 0.3 is 9.15 Å². The molecule has 7 heteroatoms. The fourth-order valence-electron chi connectivity index (χ4n) is 0.565. The number of rotatable bonds is 0. The van der Waals surface area contributed by atoms with Crippen LogP contribution in [0, 0.1) is 0 Å². The predicted octanol–water partition coefficient (Wildman–Crippen LogP) is -0.385. The van der Waals surface area contributed by atoms with Crippen molar-refractivity contribution in [2.45, 2.75) is 12.8 Å². The van der Waals surface area contributed by atoms with Crippen LogP contribution in [0.5, 0.6) is 0 Å². The summed E-state index contributed by atoms with van der Waals surface area (Å²) in [4.78, 5) is 10.1. The number of hydrogen-bond acceptors (Lipinski definition) is 3. The maximum Gasteiger partial charge on any atom is 0.316 e. The molecule has 1 amide bonds. The van der Waals surface area contributed by atoms with Crippen molar-refractivity contribution in [1.82, 2.24) is 5.32 Å². The van der Waals surface area contributed by atoms with Gasteiger partial charge in [-0.3, -0.25) is 9.35 Å². The highest BCUT2D eigenvalue weighted by atomic mass is 33.1. The van der Waals surface area contributed by atoms with Crippen LogP contribution >= 0.6 is 11.7 Å². The molecule has 0 atom stereocenters. The first kappa shape index (κ1) is 10.7.